The van der Waals surface area contributed by atoms with Crippen molar-refractivity contribution in [3.8, 4) is 5.75 Å². The summed E-state index contributed by atoms with van der Waals surface area (Å²) in [6.45, 7) is 2.77. The van der Waals surface area contributed by atoms with Crippen LogP contribution in [0.3, 0.4) is 0 Å². The van der Waals surface area contributed by atoms with Crippen LogP contribution in [0, 0.1) is 0 Å². The Morgan fingerprint density at radius 3 is 2.87 bits per heavy atom. The van der Waals surface area contributed by atoms with Crippen LogP contribution in [0.2, 0.25) is 0 Å². The van der Waals surface area contributed by atoms with Gasteiger partial charge >= 0.3 is 0 Å². The normalized spacial score (nSPS) is 15.4. The molecule has 0 unspecified atom stereocenters. The molecule has 0 spiro atoms. The van der Waals surface area contributed by atoms with Gasteiger partial charge in [0.05, 0.1) is 5.39 Å². The van der Waals surface area contributed by atoms with E-state index < -0.39 is 0 Å². The van der Waals surface area contributed by atoms with Gasteiger partial charge in [0.25, 0.3) is 5.56 Å². The molecule has 0 radical (unpaired) electrons. The highest BCUT2D eigenvalue weighted by Crippen LogP contribution is 2.30. The lowest BCUT2D eigenvalue weighted by molar-refractivity contribution is 0.475. The van der Waals surface area contributed by atoms with Crippen molar-refractivity contribution in [2.24, 2.45) is 0 Å². The lowest BCUT2D eigenvalue weighted by Gasteiger charge is -2.03. The molecule has 3 aromatic rings. The lowest BCUT2D eigenvalue weighted by Crippen LogP contribution is -2.19. The van der Waals surface area contributed by atoms with Crippen LogP contribution in [0.15, 0.2) is 35.1 Å². The summed E-state index contributed by atoms with van der Waals surface area (Å²) in [6, 6.07) is 9.03. The molecule has 1 aliphatic heterocycles. The molecule has 0 atom stereocenters. The predicted molar refractivity (Wildman–Crippen MR) is 93.9 cm³/mol. The van der Waals surface area contributed by atoms with E-state index in [1.54, 1.807) is 28.0 Å². The number of benzene rings is 1. The van der Waals surface area contributed by atoms with Gasteiger partial charge in [-0.15, -0.1) is 11.3 Å². The van der Waals surface area contributed by atoms with Gasteiger partial charge in [0, 0.05) is 11.4 Å². The van der Waals surface area contributed by atoms with Crippen molar-refractivity contribution in [1.82, 2.24) is 9.55 Å². The van der Waals surface area contributed by atoms with E-state index in [2.05, 4.69) is 6.92 Å². The zero-order chi connectivity index (χ0) is 16.0. The van der Waals surface area contributed by atoms with Crippen LogP contribution < -0.4 is 5.56 Å². The Bertz CT molecular complexity index is 981. The summed E-state index contributed by atoms with van der Waals surface area (Å²) in [5, 5.41) is 10.1. The molecule has 0 fully saturated rings. The summed E-state index contributed by atoms with van der Waals surface area (Å²) in [5.41, 5.74) is 2.14. The molecule has 1 N–H and O–H groups in total. The Balaban J connectivity index is 1.86. The molecule has 116 valence electrons. The van der Waals surface area contributed by atoms with Crippen molar-refractivity contribution in [2.75, 3.05) is 0 Å². The topological polar surface area (TPSA) is 55.1 Å². The van der Waals surface area contributed by atoms with E-state index >= 15 is 0 Å². The maximum absolute atomic E-state index is 12.7. The first-order valence-electron chi connectivity index (χ1n) is 7.69. The van der Waals surface area contributed by atoms with Gasteiger partial charge in [0.15, 0.2) is 0 Å². The molecular formula is C18H16N2O2S. The van der Waals surface area contributed by atoms with E-state index in [-0.39, 0.29) is 11.3 Å². The van der Waals surface area contributed by atoms with Crippen LogP contribution in [0.25, 0.3) is 21.9 Å². The molecule has 0 saturated heterocycles. The van der Waals surface area contributed by atoms with E-state index in [1.165, 1.54) is 4.88 Å². The van der Waals surface area contributed by atoms with Gasteiger partial charge in [0.1, 0.15) is 16.4 Å². The number of rotatable bonds is 2. The third-order valence-electron chi connectivity index (χ3n) is 4.18. The summed E-state index contributed by atoms with van der Waals surface area (Å²) >= 11 is 1.60. The summed E-state index contributed by atoms with van der Waals surface area (Å²) in [6.07, 6.45) is 3.78. The lowest BCUT2D eigenvalue weighted by atomic mass is 10.1. The quantitative estimate of drug-likeness (QED) is 0.782. The molecule has 1 aliphatic rings. The fourth-order valence-corrected chi connectivity index (χ4v) is 3.90. The smallest absolute Gasteiger partial charge is 0.262 e. The van der Waals surface area contributed by atoms with Gasteiger partial charge in [-0.1, -0.05) is 19.1 Å². The summed E-state index contributed by atoms with van der Waals surface area (Å²) < 4.78 is 1.78. The maximum atomic E-state index is 12.7. The Kier molecular flexibility index (Phi) is 3.31. The molecule has 0 aliphatic carbocycles. The van der Waals surface area contributed by atoms with Crippen molar-refractivity contribution < 1.29 is 5.11 Å². The number of allylic oxidation sites excluding steroid dienone is 1. The number of fused-ring (bicyclic) bond motifs is 2. The molecule has 4 rings (SSSR count). The first kappa shape index (κ1) is 14.2. The van der Waals surface area contributed by atoms with Crippen LogP contribution in [0.5, 0.6) is 5.75 Å². The Morgan fingerprint density at radius 2 is 2.13 bits per heavy atom. The van der Waals surface area contributed by atoms with E-state index in [0.29, 0.717) is 6.54 Å². The van der Waals surface area contributed by atoms with Gasteiger partial charge in [-0.3, -0.25) is 9.36 Å². The molecule has 4 nitrogen and oxygen atoms in total. The highest BCUT2D eigenvalue weighted by atomic mass is 32.1. The average molecular weight is 324 g/mol. The van der Waals surface area contributed by atoms with E-state index in [4.69, 9.17) is 4.98 Å². The van der Waals surface area contributed by atoms with E-state index in [9.17, 15) is 9.90 Å². The summed E-state index contributed by atoms with van der Waals surface area (Å²) in [5.74, 6) is 1.03. The van der Waals surface area contributed by atoms with Crippen molar-refractivity contribution in [1.29, 1.82) is 0 Å². The van der Waals surface area contributed by atoms with Gasteiger partial charge in [-0.2, -0.15) is 0 Å². The van der Waals surface area contributed by atoms with Crippen LogP contribution in [0.4, 0.5) is 0 Å². The van der Waals surface area contributed by atoms with Crippen molar-refractivity contribution in [3.05, 3.63) is 57.0 Å². The monoisotopic (exact) mass is 324 g/mol. The van der Waals surface area contributed by atoms with E-state index in [1.807, 2.05) is 24.3 Å². The first-order chi connectivity index (χ1) is 11.2. The second-order valence-corrected chi connectivity index (χ2v) is 6.80. The Labute approximate surface area is 137 Å². The SMILES string of the molecule is CCc1cc2c(=O)n3c(nc2s1)/C(=C/c1ccc(O)cc1)CC3. The third-order valence-corrected chi connectivity index (χ3v) is 5.35. The van der Waals surface area contributed by atoms with Crippen LogP contribution in [-0.4, -0.2) is 14.7 Å². The van der Waals surface area contributed by atoms with Gasteiger partial charge in [0.2, 0.25) is 0 Å². The van der Waals surface area contributed by atoms with Crippen LogP contribution >= 0.6 is 11.3 Å². The maximum Gasteiger partial charge on any atom is 0.262 e. The standard InChI is InChI=1S/C18H16N2O2S/c1-2-14-10-15-17(23-14)19-16-12(7-8-20(16)18(15)22)9-11-3-5-13(21)6-4-11/h3-6,9-10,21H,2,7-8H2,1H3/b12-9+. The largest absolute Gasteiger partial charge is 0.508 e. The molecule has 0 bridgehead atoms. The van der Waals surface area contributed by atoms with Crippen molar-refractivity contribution >= 4 is 33.2 Å². The Hall–Kier alpha value is -2.40. The molecule has 0 saturated carbocycles. The number of phenolic OH excluding ortho intramolecular Hbond substituents is 1. The fourth-order valence-electron chi connectivity index (χ4n) is 2.95. The number of aromatic nitrogens is 2. The van der Waals surface area contributed by atoms with Crippen molar-refractivity contribution in [2.45, 2.75) is 26.3 Å². The predicted octanol–water partition coefficient (Wildman–Crippen LogP) is 3.67. The summed E-state index contributed by atoms with van der Waals surface area (Å²) in [4.78, 5) is 19.4. The number of nitrogens with zero attached hydrogens (tertiary/aromatic N) is 2. The molecule has 5 heteroatoms. The molecular weight excluding hydrogens is 308 g/mol. The minimum Gasteiger partial charge on any atom is -0.508 e. The second-order valence-electron chi connectivity index (χ2n) is 5.69. The van der Waals surface area contributed by atoms with E-state index in [0.717, 1.165) is 40.0 Å². The first-order valence-corrected chi connectivity index (χ1v) is 8.50. The zero-order valence-corrected chi connectivity index (χ0v) is 13.6. The third kappa shape index (κ3) is 2.37. The minimum atomic E-state index is 0.0649. The van der Waals surface area contributed by atoms with Gasteiger partial charge < -0.3 is 5.11 Å². The van der Waals surface area contributed by atoms with Crippen LogP contribution in [0.1, 0.15) is 29.6 Å². The van der Waals surface area contributed by atoms with Gasteiger partial charge in [-0.05, 0) is 48.3 Å². The highest BCUT2D eigenvalue weighted by Gasteiger charge is 2.21. The molecule has 1 aromatic carbocycles. The molecule has 2 aromatic heterocycles. The number of phenols is 1. The molecule has 0 amide bonds. The zero-order valence-electron chi connectivity index (χ0n) is 12.7. The summed E-state index contributed by atoms with van der Waals surface area (Å²) in [7, 11) is 0. The highest BCUT2D eigenvalue weighted by molar-refractivity contribution is 7.18. The second kappa shape index (κ2) is 5.35. The van der Waals surface area contributed by atoms with Crippen LogP contribution in [-0.2, 0) is 13.0 Å². The number of hydrogen-bond donors (Lipinski definition) is 1. The number of hydrogen-bond acceptors (Lipinski definition) is 4. The van der Waals surface area contributed by atoms with Crippen molar-refractivity contribution in [3.63, 3.8) is 0 Å². The number of aryl methyl sites for hydroxylation is 1. The fraction of sp³-hybridized carbons (Fsp3) is 0.222. The number of aromatic hydroxyl groups is 1. The number of thiophene rings is 1. The molecule has 3 heterocycles. The van der Waals surface area contributed by atoms with Gasteiger partial charge in [-0.25, -0.2) is 4.98 Å². The minimum absolute atomic E-state index is 0.0649. The average Bonchev–Trinajstić information content (AvgIpc) is 3.15. The molecule has 23 heavy (non-hydrogen) atoms. The Morgan fingerprint density at radius 1 is 1.35 bits per heavy atom.